The predicted octanol–water partition coefficient (Wildman–Crippen LogP) is 4.68. The standard InChI is InChI=1S/C18H15N3O6S/c1-2-12-13(6-4-7-14(12)21(23)24)19-20-18-15(22)10-9-11-5-3-8-16(17(11)18)28(25,26)27/h3-10,22H,2H2,1H3,(H,25,26,27). The second-order valence-electron chi connectivity index (χ2n) is 5.85. The molecule has 0 aromatic heterocycles. The Balaban J connectivity index is 2.25. The lowest BCUT2D eigenvalue weighted by Gasteiger charge is -2.08. The van der Waals surface area contributed by atoms with Crippen molar-refractivity contribution in [3.63, 3.8) is 0 Å². The van der Waals surface area contributed by atoms with E-state index in [9.17, 15) is 28.2 Å². The summed E-state index contributed by atoms with van der Waals surface area (Å²) in [5, 5.41) is 29.8. The maximum Gasteiger partial charge on any atom is 0.295 e. The Labute approximate surface area is 159 Å². The number of rotatable bonds is 5. The van der Waals surface area contributed by atoms with Crippen LogP contribution in [-0.2, 0) is 16.5 Å². The number of phenolic OH excluding ortho intramolecular Hbond substituents is 1. The van der Waals surface area contributed by atoms with Gasteiger partial charge in [-0.25, -0.2) is 0 Å². The van der Waals surface area contributed by atoms with Crippen LogP contribution < -0.4 is 0 Å². The van der Waals surface area contributed by atoms with Crippen LogP contribution in [0.3, 0.4) is 0 Å². The zero-order valence-corrected chi connectivity index (χ0v) is 15.4. The van der Waals surface area contributed by atoms with Crippen LogP contribution in [0.2, 0.25) is 0 Å². The van der Waals surface area contributed by atoms with Crippen LogP contribution in [0.25, 0.3) is 10.8 Å². The van der Waals surface area contributed by atoms with E-state index in [0.717, 1.165) is 0 Å². The molecule has 3 aromatic rings. The molecule has 28 heavy (non-hydrogen) atoms. The molecular weight excluding hydrogens is 386 g/mol. The normalized spacial score (nSPS) is 11.9. The molecule has 2 N–H and O–H groups in total. The molecule has 144 valence electrons. The van der Waals surface area contributed by atoms with E-state index in [1.54, 1.807) is 13.0 Å². The molecule has 3 rings (SSSR count). The third-order valence-electron chi connectivity index (χ3n) is 4.17. The summed E-state index contributed by atoms with van der Waals surface area (Å²) in [5.41, 5.74) is 0.294. The van der Waals surface area contributed by atoms with Gasteiger partial charge in [0.1, 0.15) is 16.3 Å². The lowest BCUT2D eigenvalue weighted by Crippen LogP contribution is -1.99. The van der Waals surface area contributed by atoms with Crippen molar-refractivity contribution < 1.29 is 23.0 Å². The first-order valence-electron chi connectivity index (χ1n) is 8.14. The van der Waals surface area contributed by atoms with Gasteiger partial charge in [-0.15, -0.1) is 10.2 Å². The highest BCUT2D eigenvalue weighted by Gasteiger charge is 2.20. The van der Waals surface area contributed by atoms with Crippen molar-refractivity contribution in [1.82, 2.24) is 0 Å². The smallest absolute Gasteiger partial charge is 0.295 e. The van der Waals surface area contributed by atoms with Crippen LogP contribution in [0, 0.1) is 10.1 Å². The van der Waals surface area contributed by atoms with E-state index in [1.165, 1.54) is 42.5 Å². The van der Waals surface area contributed by atoms with Gasteiger partial charge in [-0.1, -0.05) is 31.2 Å². The van der Waals surface area contributed by atoms with E-state index in [2.05, 4.69) is 10.2 Å². The summed E-state index contributed by atoms with van der Waals surface area (Å²) in [4.78, 5) is 10.2. The minimum atomic E-state index is -4.58. The number of azo groups is 1. The Bertz CT molecular complexity index is 1220. The summed E-state index contributed by atoms with van der Waals surface area (Å²) in [5.74, 6) is -0.351. The molecule has 3 aromatic carbocycles. The Morgan fingerprint density at radius 1 is 1.07 bits per heavy atom. The highest BCUT2D eigenvalue weighted by Crippen LogP contribution is 2.40. The summed E-state index contributed by atoms with van der Waals surface area (Å²) in [7, 11) is -4.58. The number of nitro benzene ring substituents is 1. The highest BCUT2D eigenvalue weighted by atomic mass is 32.2. The van der Waals surface area contributed by atoms with Crippen LogP contribution >= 0.6 is 0 Å². The number of hydrogen-bond acceptors (Lipinski definition) is 7. The molecule has 0 bridgehead atoms. The Kier molecular flexibility index (Phi) is 5.08. The van der Waals surface area contributed by atoms with Crippen molar-refractivity contribution in [2.24, 2.45) is 10.2 Å². The molecule has 10 heteroatoms. The monoisotopic (exact) mass is 401 g/mol. The first kappa shape index (κ1) is 19.4. The van der Waals surface area contributed by atoms with E-state index < -0.39 is 19.9 Å². The third-order valence-corrected chi connectivity index (χ3v) is 5.07. The minimum absolute atomic E-state index is 0.00257. The second-order valence-corrected chi connectivity index (χ2v) is 7.24. The predicted molar refractivity (Wildman–Crippen MR) is 102 cm³/mol. The van der Waals surface area contributed by atoms with Crippen molar-refractivity contribution in [2.45, 2.75) is 18.2 Å². The lowest BCUT2D eigenvalue weighted by molar-refractivity contribution is -0.385. The van der Waals surface area contributed by atoms with Crippen LogP contribution in [-0.4, -0.2) is 23.0 Å². The maximum atomic E-state index is 11.7. The average molecular weight is 401 g/mol. The van der Waals surface area contributed by atoms with Gasteiger partial charge < -0.3 is 5.11 Å². The van der Waals surface area contributed by atoms with Crippen LogP contribution in [0.1, 0.15) is 12.5 Å². The van der Waals surface area contributed by atoms with Crippen molar-refractivity contribution in [1.29, 1.82) is 0 Å². The van der Waals surface area contributed by atoms with Crippen LogP contribution in [0.5, 0.6) is 5.75 Å². The summed E-state index contributed by atoms with van der Waals surface area (Å²) in [6.07, 6.45) is 0.323. The first-order chi connectivity index (χ1) is 13.2. The number of hydrogen-bond donors (Lipinski definition) is 2. The number of phenols is 1. The van der Waals surface area contributed by atoms with Gasteiger partial charge >= 0.3 is 0 Å². The Morgan fingerprint density at radius 2 is 1.79 bits per heavy atom. The molecule has 0 saturated heterocycles. The van der Waals surface area contributed by atoms with Gasteiger partial charge in [0.2, 0.25) is 0 Å². The molecule has 0 aliphatic heterocycles. The van der Waals surface area contributed by atoms with Crippen molar-refractivity contribution in [2.75, 3.05) is 0 Å². The molecule has 0 saturated carbocycles. The van der Waals surface area contributed by atoms with Crippen molar-refractivity contribution in [3.05, 3.63) is 64.2 Å². The number of fused-ring (bicyclic) bond motifs is 1. The van der Waals surface area contributed by atoms with Gasteiger partial charge in [0.25, 0.3) is 15.8 Å². The summed E-state index contributed by atoms with van der Waals surface area (Å²) in [6.45, 7) is 1.73. The summed E-state index contributed by atoms with van der Waals surface area (Å²) in [6, 6.07) is 11.3. The number of aromatic hydroxyl groups is 1. The molecule has 0 fully saturated rings. The minimum Gasteiger partial charge on any atom is -0.506 e. The molecule has 0 aliphatic carbocycles. The highest BCUT2D eigenvalue weighted by molar-refractivity contribution is 7.86. The number of nitro groups is 1. The van der Waals surface area contributed by atoms with Gasteiger partial charge in [0.15, 0.2) is 0 Å². The first-order valence-corrected chi connectivity index (χ1v) is 9.58. The second kappa shape index (κ2) is 7.33. The summed E-state index contributed by atoms with van der Waals surface area (Å²) < 4.78 is 33.0. The van der Waals surface area contributed by atoms with Gasteiger partial charge in [-0.05, 0) is 30.0 Å². The molecule has 0 amide bonds. The molecular formula is C18H15N3O6S. The van der Waals surface area contributed by atoms with E-state index >= 15 is 0 Å². The fourth-order valence-electron chi connectivity index (χ4n) is 2.93. The molecule has 0 aliphatic rings. The zero-order chi connectivity index (χ0) is 20.5. The van der Waals surface area contributed by atoms with Gasteiger partial charge in [0, 0.05) is 11.5 Å². The molecule has 0 unspecified atom stereocenters. The molecule has 0 heterocycles. The molecule has 0 spiro atoms. The fourth-order valence-corrected chi connectivity index (χ4v) is 3.65. The lowest BCUT2D eigenvalue weighted by atomic mass is 10.1. The van der Waals surface area contributed by atoms with E-state index in [4.69, 9.17) is 0 Å². The van der Waals surface area contributed by atoms with E-state index in [0.29, 0.717) is 17.4 Å². The zero-order valence-electron chi connectivity index (χ0n) is 14.6. The van der Waals surface area contributed by atoms with E-state index in [1.807, 2.05) is 0 Å². The Hall–Kier alpha value is -3.37. The van der Waals surface area contributed by atoms with Crippen molar-refractivity contribution >= 4 is 38.0 Å². The largest absolute Gasteiger partial charge is 0.506 e. The average Bonchev–Trinajstić information content (AvgIpc) is 2.65. The van der Waals surface area contributed by atoms with Gasteiger partial charge in [-0.2, -0.15) is 8.42 Å². The molecule has 0 radical (unpaired) electrons. The van der Waals surface area contributed by atoms with Crippen LogP contribution in [0.15, 0.2) is 63.7 Å². The third kappa shape index (κ3) is 3.55. The van der Waals surface area contributed by atoms with E-state index in [-0.39, 0.29) is 28.2 Å². The number of nitrogens with zero attached hydrogens (tertiary/aromatic N) is 3. The van der Waals surface area contributed by atoms with Gasteiger partial charge in [0.05, 0.1) is 16.2 Å². The quantitative estimate of drug-likeness (QED) is 0.275. The summed E-state index contributed by atoms with van der Waals surface area (Å²) >= 11 is 0. The van der Waals surface area contributed by atoms with Crippen molar-refractivity contribution in [3.8, 4) is 5.75 Å². The number of benzene rings is 3. The molecule has 0 atom stereocenters. The Morgan fingerprint density at radius 3 is 2.43 bits per heavy atom. The SMILES string of the molecule is CCc1c(N=Nc2c(O)ccc3cccc(S(=O)(=O)O)c23)cccc1[N+](=O)[O-]. The maximum absolute atomic E-state index is 11.7. The molecule has 9 nitrogen and oxygen atoms in total. The topological polar surface area (TPSA) is 142 Å². The van der Waals surface area contributed by atoms with Crippen LogP contribution in [0.4, 0.5) is 17.1 Å². The fraction of sp³-hybridized carbons (Fsp3) is 0.111. The van der Waals surface area contributed by atoms with Gasteiger partial charge in [-0.3, -0.25) is 14.7 Å².